The maximum Gasteiger partial charge on any atom is 0.272 e. The molecule has 0 aliphatic carbocycles. The number of hydrogen-bond acceptors (Lipinski definition) is 3. The summed E-state index contributed by atoms with van der Waals surface area (Å²) in [4.78, 5) is 18.4. The number of hydrogen-bond donors (Lipinski definition) is 1. The van der Waals surface area contributed by atoms with Gasteiger partial charge >= 0.3 is 0 Å². The van der Waals surface area contributed by atoms with Gasteiger partial charge in [0.2, 0.25) is 0 Å². The number of pyridine rings is 1. The normalized spacial score (nSPS) is 22.7. The first-order valence-corrected chi connectivity index (χ1v) is 6.17. The zero-order chi connectivity index (χ0) is 12.4. The number of carbonyl (C=O) groups is 1. The van der Waals surface area contributed by atoms with Crippen LogP contribution in [0.5, 0.6) is 0 Å². The van der Waals surface area contributed by atoms with Gasteiger partial charge in [0.15, 0.2) is 0 Å². The van der Waals surface area contributed by atoms with E-state index in [2.05, 4.69) is 18.8 Å². The average molecular weight is 270 g/mol. The maximum atomic E-state index is 12.4. The van der Waals surface area contributed by atoms with E-state index in [1.54, 1.807) is 12.1 Å². The standard InChI is InChI=1S/C13H19N3O.ClH/c1-3-11-6-4-9(2)16(11)13(17)12-7-5-10(14)8-15-12;/h5,7-9,11H,3-4,6,14H2,1-2H3;1H. The van der Waals surface area contributed by atoms with E-state index in [0.29, 0.717) is 23.5 Å². The minimum absolute atomic E-state index is 0. The van der Waals surface area contributed by atoms with Crippen molar-refractivity contribution in [3.05, 3.63) is 24.0 Å². The minimum atomic E-state index is 0. The lowest BCUT2D eigenvalue weighted by molar-refractivity contribution is 0.0670. The SMILES string of the molecule is CCC1CCC(C)N1C(=O)c1ccc(N)cn1.Cl. The first-order chi connectivity index (χ1) is 8.13. The summed E-state index contributed by atoms with van der Waals surface area (Å²) in [5, 5.41) is 0. The van der Waals surface area contributed by atoms with Crippen LogP contribution in [0.3, 0.4) is 0 Å². The van der Waals surface area contributed by atoms with Gasteiger partial charge in [-0.05, 0) is 38.3 Å². The Morgan fingerprint density at radius 3 is 2.78 bits per heavy atom. The fourth-order valence-corrected chi connectivity index (χ4v) is 2.50. The predicted octanol–water partition coefficient (Wildman–Crippen LogP) is 2.49. The number of nitrogens with zero attached hydrogens (tertiary/aromatic N) is 2. The van der Waals surface area contributed by atoms with Crippen molar-refractivity contribution < 1.29 is 4.79 Å². The van der Waals surface area contributed by atoms with E-state index in [1.807, 2.05) is 4.90 Å². The molecular formula is C13H20ClN3O. The zero-order valence-electron chi connectivity index (χ0n) is 10.8. The number of aromatic nitrogens is 1. The van der Waals surface area contributed by atoms with Crippen molar-refractivity contribution in [2.75, 3.05) is 5.73 Å². The second-order valence-corrected chi connectivity index (χ2v) is 4.68. The number of nitrogens with two attached hydrogens (primary N) is 1. The lowest BCUT2D eigenvalue weighted by atomic mass is 10.1. The molecule has 5 heteroatoms. The Balaban J connectivity index is 0.00000162. The molecular weight excluding hydrogens is 250 g/mol. The number of amides is 1. The molecule has 0 radical (unpaired) electrons. The number of rotatable bonds is 2. The van der Waals surface area contributed by atoms with Gasteiger partial charge in [0.25, 0.3) is 5.91 Å². The van der Waals surface area contributed by atoms with Crippen molar-refractivity contribution in [2.45, 2.75) is 45.2 Å². The van der Waals surface area contributed by atoms with Crippen LogP contribution in [0.1, 0.15) is 43.6 Å². The van der Waals surface area contributed by atoms with Crippen molar-refractivity contribution in [2.24, 2.45) is 0 Å². The highest BCUT2D eigenvalue weighted by molar-refractivity contribution is 5.93. The van der Waals surface area contributed by atoms with Crippen molar-refractivity contribution in [3.8, 4) is 0 Å². The molecule has 1 aliphatic heterocycles. The molecule has 2 atom stereocenters. The van der Waals surface area contributed by atoms with E-state index in [1.165, 1.54) is 6.20 Å². The molecule has 0 bridgehead atoms. The zero-order valence-corrected chi connectivity index (χ0v) is 11.6. The van der Waals surface area contributed by atoms with Gasteiger partial charge in [0.05, 0.1) is 11.9 Å². The van der Waals surface area contributed by atoms with Gasteiger partial charge in [0.1, 0.15) is 5.69 Å². The first kappa shape index (κ1) is 14.8. The third-order valence-electron chi connectivity index (χ3n) is 3.50. The van der Waals surface area contributed by atoms with E-state index in [4.69, 9.17) is 5.73 Å². The van der Waals surface area contributed by atoms with Crippen LogP contribution in [0.4, 0.5) is 5.69 Å². The van der Waals surface area contributed by atoms with Gasteiger partial charge in [-0.2, -0.15) is 0 Å². The number of halogens is 1. The number of nitrogen functional groups attached to an aromatic ring is 1. The van der Waals surface area contributed by atoms with Crippen LogP contribution < -0.4 is 5.73 Å². The molecule has 2 heterocycles. The predicted molar refractivity (Wildman–Crippen MR) is 74.8 cm³/mol. The highest BCUT2D eigenvalue weighted by atomic mass is 35.5. The van der Waals surface area contributed by atoms with Crippen molar-refractivity contribution in [1.29, 1.82) is 0 Å². The third-order valence-corrected chi connectivity index (χ3v) is 3.50. The molecule has 1 saturated heterocycles. The van der Waals surface area contributed by atoms with Gasteiger partial charge in [-0.3, -0.25) is 4.79 Å². The van der Waals surface area contributed by atoms with Gasteiger partial charge in [-0.1, -0.05) is 6.92 Å². The first-order valence-electron chi connectivity index (χ1n) is 6.17. The van der Waals surface area contributed by atoms with Gasteiger partial charge in [-0.15, -0.1) is 12.4 Å². The minimum Gasteiger partial charge on any atom is -0.397 e. The van der Waals surface area contributed by atoms with Gasteiger partial charge < -0.3 is 10.6 Å². The lowest BCUT2D eigenvalue weighted by Crippen LogP contribution is -2.40. The number of likely N-dealkylation sites (tertiary alicyclic amines) is 1. The Morgan fingerprint density at radius 1 is 1.50 bits per heavy atom. The third kappa shape index (κ3) is 2.75. The smallest absolute Gasteiger partial charge is 0.272 e. The maximum absolute atomic E-state index is 12.4. The Hall–Kier alpha value is -1.29. The summed E-state index contributed by atoms with van der Waals surface area (Å²) >= 11 is 0. The molecule has 100 valence electrons. The largest absolute Gasteiger partial charge is 0.397 e. The second kappa shape index (κ2) is 6.05. The van der Waals surface area contributed by atoms with Crippen LogP contribution in [-0.4, -0.2) is 27.9 Å². The highest BCUT2D eigenvalue weighted by Gasteiger charge is 2.33. The summed E-state index contributed by atoms with van der Waals surface area (Å²) in [6.07, 6.45) is 4.72. The second-order valence-electron chi connectivity index (χ2n) is 4.68. The summed E-state index contributed by atoms with van der Waals surface area (Å²) in [7, 11) is 0. The van der Waals surface area contributed by atoms with Crippen LogP contribution in [0.2, 0.25) is 0 Å². The van der Waals surface area contributed by atoms with Crippen molar-refractivity contribution in [1.82, 2.24) is 9.88 Å². The summed E-state index contributed by atoms with van der Waals surface area (Å²) in [6.45, 7) is 4.23. The number of anilines is 1. The highest BCUT2D eigenvalue weighted by Crippen LogP contribution is 2.27. The molecule has 2 unspecified atom stereocenters. The molecule has 4 nitrogen and oxygen atoms in total. The molecule has 18 heavy (non-hydrogen) atoms. The summed E-state index contributed by atoms with van der Waals surface area (Å²) < 4.78 is 0. The molecule has 2 rings (SSSR count). The molecule has 1 aromatic heterocycles. The lowest BCUT2D eigenvalue weighted by Gasteiger charge is -2.27. The summed E-state index contributed by atoms with van der Waals surface area (Å²) in [6, 6.07) is 4.10. The van der Waals surface area contributed by atoms with Crippen LogP contribution in [0, 0.1) is 0 Å². The van der Waals surface area contributed by atoms with Gasteiger partial charge in [0, 0.05) is 12.1 Å². The quantitative estimate of drug-likeness (QED) is 0.897. The van der Waals surface area contributed by atoms with Crippen molar-refractivity contribution in [3.63, 3.8) is 0 Å². The van der Waals surface area contributed by atoms with E-state index in [-0.39, 0.29) is 18.3 Å². The van der Waals surface area contributed by atoms with E-state index < -0.39 is 0 Å². The molecule has 0 aromatic carbocycles. The Kier molecular flexibility index (Phi) is 4.96. The monoisotopic (exact) mass is 269 g/mol. The number of carbonyl (C=O) groups excluding carboxylic acids is 1. The Bertz CT molecular complexity index is 407. The average Bonchev–Trinajstić information content (AvgIpc) is 2.70. The van der Waals surface area contributed by atoms with Crippen LogP contribution in [-0.2, 0) is 0 Å². The summed E-state index contributed by atoms with van der Waals surface area (Å²) in [5.74, 6) is 0.0295. The van der Waals surface area contributed by atoms with E-state index in [0.717, 1.165) is 19.3 Å². The summed E-state index contributed by atoms with van der Waals surface area (Å²) in [5.41, 5.74) is 6.65. The van der Waals surface area contributed by atoms with Gasteiger partial charge in [-0.25, -0.2) is 4.98 Å². The molecule has 1 aromatic rings. The Morgan fingerprint density at radius 2 is 2.22 bits per heavy atom. The van der Waals surface area contributed by atoms with E-state index in [9.17, 15) is 4.79 Å². The fraction of sp³-hybridized carbons (Fsp3) is 0.538. The van der Waals surface area contributed by atoms with E-state index >= 15 is 0 Å². The topological polar surface area (TPSA) is 59.2 Å². The van der Waals surface area contributed by atoms with Crippen molar-refractivity contribution >= 4 is 24.0 Å². The molecule has 1 fully saturated rings. The molecule has 2 N–H and O–H groups in total. The molecule has 0 spiro atoms. The fourth-order valence-electron chi connectivity index (χ4n) is 2.50. The molecule has 1 amide bonds. The Labute approximate surface area is 114 Å². The molecule has 1 aliphatic rings. The van der Waals surface area contributed by atoms with Crippen LogP contribution in [0.25, 0.3) is 0 Å². The molecule has 0 saturated carbocycles. The van der Waals surface area contributed by atoms with Crippen LogP contribution >= 0.6 is 12.4 Å². The van der Waals surface area contributed by atoms with Crippen LogP contribution in [0.15, 0.2) is 18.3 Å².